The van der Waals surface area contributed by atoms with Gasteiger partial charge in [0.05, 0.1) is 26.0 Å². The van der Waals surface area contributed by atoms with Crippen molar-refractivity contribution in [3.05, 3.63) is 46.3 Å². The lowest BCUT2D eigenvalue weighted by molar-refractivity contribution is 0.0953. The van der Waals surface area contributed by atoms with Crippen LogP contribution in [0, 0.1) is 6.92 Å². The van der Waals surface area contributed by atoms with E-state index in [0.717, 1.165) is 30.0 Å². The van der Waals surface area contributed by atoms with Crippen molar-refractivity contribution in [2.75, 3.05) is 20.3 Å². The van der Waals surface area contributed by atoms with Crippen LogP contribution in [0.5, 0.6) is 5.75 Å². The van der Waals surface area contributed by atoms with Crippen LogP contribution in [-0.2, 0) is 31.2 Å². The first-order chi connectivity index (χ1) is 11.6. The van der Waals surface area contributed by atoms with Gasteiger partial charge in [-0.25, -0.2) is 0 Å². The number of nitrogens with zero attached hydrogens (tertiary/aromatic N) is 2. The number of ether oxygens (including phenoxy) is 2. The Morgan fingerprint density at radius 3 is 3.04 bits per heavy atom. The van der Waals surface area contributed by atoms with Crippen molar-refractivity contribution in [3.63, 3.8) is 0 Å². The Morgan fingerprint density at radius 2 is 2.29 bits per heavy atom. The number of nitrogens with one attached hydrogen (secondary N) is 1. The fourth-order valence-electron chi connectivity index (χ4n) is 3.09. The molecule has 0 saturated heterocycles. The maximum absolute atomic E-state index is 12.3. The first kappa shape index (κ1) is 16.5. The van der Waals surface area contributed by atoms with Crippen LogP contribution in [0.4, 0.5) is 0 Å². The van der Waals surface area contributed by atoms with Gasteiger partial charge in [-0.3, -0.25) is 9.48 Å². The lowest BCUT2D eigenvalue weighted by atomic mass is 10.1. The standard InChI is InChI=1S/C18H23N3O3/c1-12-10-13(23-3)4-5-14(12)18(22)19-8-6-16-15-11-24-9-7-17(15)21(2)20-16/h4-5,10H,6-9,11H2,1-3H3,(H,19,22). The molecule has 6 nitrogen and oxygen atoms in total. The Kier molecular flexibility index (Phi) is 4.85. The van der Waals surface area contributed by atoms with Crippen molar-refractivity contribution in [2.24, 2.45) is 7.05 Å². The van der Waals surface area contributed by atoms with Crippen molar-refractivity contribution in [1.29, 1.82) is 0 Å². The summed E-state index contributed by atoms with van der Waals surface area (Å²) in [5, 5.41) is 7.54. The van der Waals surface area contributed by atoms with Crippen LogP contribution in [-0.4, -0.2) is 35.9 Å². The molecule has 0 unspecified atom stereocenters. The van der Waals surface area contributed by atoms with Crippen LogP contribution in [0.25, 0.3) is 0 Å². The molecule has 6 heteroatoms. The molecule has 1 aromatic heterocycles. The van der Waals surface area contributed by atoms with Crippen LogP contribution in [0.1, 0.15) is 32.9 Å². The third kappa shape index (κ3) is 3.28. The van der Waals surface area contributed by atoms with Gasteiger partial charge in [-0.1, -0.05) is 0 Å². The zero-order valence-corrected chi connectivity index (χ0v) is 14.4. The number of benzene rings is 1. The molecule has 0 saturated carbocycles. The van der Waals surface area contributed by atoms with E-state index in [1.165, 1.54) is 11.3 Å². The number of carbonyl (C=O) groups is 1. The normalized spacial score (nSPS) is 13.5. The molecule has 128 valence electrons. The highest BCUT2D eigenvalue weighted by Gasteiger charge is 2.19. The highest BCUT2D eigenvalue weighted by Crippen LogP contribution is 2.20. The van der Waals surface area contributed by atoms with Gasteiger partial charge in [-0.15, -0.1) is 0 Å². The van der Waals surface area contributed by atoms with Gasteiger partial charge in [0.2, 0.25) is 0 Å². The highest BCUT2D eigenvalue weighted by molar-refractivity contribution is 5.95. The minimum Gasteiger partial charge on any atom is -0.497 e. The molecule has 0 atom stereocenters. The summed E-state index contributed by atoms with van der Waals surface area (Å²) < 4.78 is 12.6. The molecule has 24 heavy (non-hydrogen) atoms. The van der Waals surface area contributed by atoms with E-state index in [9.17, 15) is 4.79 Å². The van der Waals surface area contributed by atoms with Gasteiger partial charge in [0.15, 0.2) is 0 Å². The Labute approximate surface area is 141 Å². The van der Waals surface area contributed by atoms with Crippen molar-refractivity contribution in [1.82, 2.24) is 15.1 Å². The molecule has 0 spiro atoms. The minimum atomic E-state index is -0.0730. The molecule has 2 heterocycles. The molecular formula is C18H23N3O3. The van der Waals surface area contributed by atoms with Crippen molar-refractivity contribution >= 4 is 5.91 Å². The number of rotatable bonds is 5. The lowest BCUT2D eigenvalue weighted by Gasteiger charge is -2.14. The molecule has 1 aromatic carbocycles. The van der Waals surface area contributed by atoms with E-state index in [4.69, 9.17) is 9.47 Å². The first-order valence-corrected chi connectivity index (χ1v) is 8.14. The predicted octanol–water partition coefficient (Wildman–Crippen LogP) is 1.78. The molecule has 0 bridgehead atoms. The van der Waals surface area contributed by atoms with Crippen LogP contribution < -0.4 is 10.1 Å². The second-order valence-electron chi connectivity index (χ2n) is 5.98. The van der Waals surface area contributed by atoms with Crippen molar-refractivity contribution < 1.29 is 14.3 Å². The highest BCUT2D eigenvalue weighted by atomic mass is 16.5. The molecule has 1 aliphatic heterocycles. The maximum Gasteiger partial charge on any atom is 0.251 e. The smallest absolute Gasteiger partial charge is 0.251 e. The Bertz CT molecular complexity index is 752. The number of fused-ring (bicyclic) bond motifs is 1. The summed E-state index contributed by atoms with van der Waals surface area (Å²) in [6, 6.07) is 5.45. The minimum absolute atomic E-state index is 0.0730. The third-order valence-electron chi connectivity index (χ3n) is 4.41. The summed E-state index contributed by atoms with van der Waals surface area (Å²) in [6.45, 7) is 3.82. The topological polar surface area (TPSA) is 65.4 Å². The molecule has 0 aliphatic carbocycles. The summed E-state index contributed by atoms with van der Waals surface area (Å²) in [5.74, 6) is 0.681. The fourth-order valence-corrected chi connectivity index (χ4v) is 3.09. The quantitative estimate of drug-likeness (QED) is 0.908. The summed E-state index contributed by atoms with van der Waals surface area (Å²) in [7, 11) is 3.58. The molecule has 0 fully saturated rings. The Balaban J connectivity index is 1.62. The SMILES string of the molecule is COc1ccc(C(=O)NCCc2nn(C)c3c2COCC3)c(C)c1. The fraction of sp³-hybridized carbons (Fsp3) is 0.444. The van der Waals surface area contributed by atoms with Crippen molar-refractivity contribution in [3.8, 4) is 5.75 Å². The number of aromatic nitrogens is 2. The van der Waals surface area contributed by atoms with Gasteiger partial charge >= 0.3 is 0 Å². The van der Waals surface area contributed by atoms with Crippen LogP contribution in [0.15, 0.2) is 18.2 Å². The number of methoxy groups -OCH3 is 1. The van der Waals surface area contributed by atoms with E-state index in [0.29, 0.717) is 25.1 Å². The Hall–Kier alpha value is -2.34. The third-order valence-corrected chi connectivity index (χ3v) is 4.41. The monoisotopic (exact) mass is 329 g/mol. The van der Waals surface area contributed by atoms with E-state index < -0.39 is 0 Å². The van der Waals surface area contributed by atoms with Gasteiger partial charge in [0.1, 0.15) is 5.75 Å². The average Bonchev–Trinajstić information content (AvgIpc) is 2.91. The molecule has 1 N–H and O–H groups in total. The van der Waals surface area contributed by atoms with Crippen LogP contribution in [0.3, 0.4) is 0 Å². The first-order valence-electron chi connectivity index (χ1n) is 8.14. The lowest BCUT2D eigenvalue weighted by Crippen LogP contribution is -2.26. The summed E-state index contributed by atoms with van der Waals surface area (Å²) in [6.07, 6.45) is 1.60. The number of hydrogen-bond donors (Lipinski definition) is 1. The molecular weight excluding hydrogens is 306 g/mol. The van der Waals surface area contributed by atoms with E-state index in [1.54, 1.807) is 19.2 Å². The zero-order valence-electron chi connectivity index (χ0n) is 14.4. The Morgan fingerprint density at radius 1 is 1.46 bits per heavy atom. The van der Waals surface area contributed by atoms with E-state index in [-0.39, 0.29) is 5.91 Å². The van der Waals surface area contributed by atoms with Crippen LogP contribution >= 0.6 is 0 Å². The average molecular weight is 329 g/mol. The number of amides is 1. The largest absolute Gasteiger partial charge is 0.497 e. The molecule has 1 aliphatic rings. The van der Waals surface area contributed by atoms with E-state index >= 15 is 0 Å². The second-order valence-corrected chi connectivity index (χ2v) is 5.98. The maximum atomic E-state index is 12.3. The van der Waals surface area contributed by atoms with Gasteiger partial charge in [-0.2, -0.15) is 5.10 Å². The summed E-state index contributed by atoms with van der Waals surface area (Å²) in [4.78, 5) is 12.3. The molecule has 2 aromatic rings. The molecule has 3 rings (SSSR count). The second kappa shape index (κ2) is 7.05. The summed E-state index contributed by atoms with van der Waals surface area (Å²) >= 11 is 0. The summed E-state index contributed by atoms with van der Waals surface area (Å²) in [5.41, 5.74) is 5.00. The van der Waals surface area contributed by atoms with Gasteiger partial charge < -0.3 is 14.8 Å². The number of hydrogen-bond acceptors (Lipinski definition) is 4. The van der Waals surface area contributed by atoms with E-state index in [2.05, 4.69) is 10.4 Å². The number of carbonyl (C=O) groups excluding carboxylic acids is 1. The van der Waals surface area contributed by atoms with Crippen LogP contribution in [0.2, 0.25) is 0 Å². The zero-order chi connectivity index (χ0) is 17.1. The number of aryl methyl sites for hydroxylation is 2. The molecule has 1 amide bonds. The van der Waals surface area contributed by atoms with Gasteiger partial charge in [-0.05, 0) is 30.7 Å². The van der Waals surface area contributed by atoms with Gasteiger partial charge in [0.25, 0.3) is 5.91 Å². The predicted molar refractivity (Wildman–Crippen MR) is 90.3 cm³/mol. The van der Waals surface area contributed by atoms with Crippen molar-refractivity contribution in [2.45, 2.75) is 26.4 Å². The molecule has 0 radical (unpaired) electrons. The van der Waals surface area contributed by atoms with Gasteiger partial charge in [0, 0.05) is 43.3 Å². The van der Waals surface area contributed by atoms with E-state index in [1.807, 2.05) is 24.7 Å².